The van der Waals surface area contributed by atoms with Crippen molar-refractivity contribution < 1.29 is 9.47 Å². The first-order valence-electron chi connectivity index (χ1n) is 5.98. The normalized spacial score (nSPS) is 9.80. The molecule has 0 spiro atoms. The molecule has 0 amide bonds. The molecule has 6 heteroatoms. The Balaban J connectivity index is 2.15. The van der Waals surface area contributed by atoms with Gasteiger partial charge in [-0.3, -0.25) is 0 Å². The third kappa shape index (κ3) is 2.95. The van der Waals surface area contributed by atoms with Crippen molar-refractivity contribution in [3.63, 3.8) is 0 Å². The molecule has 0 unspecified atom stereocenters. The SMILES string of the molecule is C=CCn1nnc(C#N)c1COc1cccc(OC)c1. The summed E-state index contributed by atoms with van der Waals surface area (Å²) in [5, 5.41) is 16.7. The number of nitriles is 1. The molecule has 2 rings (SSSR count). The Kier molecular flexibility index (Phi) is 4.35. The van der Waals surface area contributed by atoms with Crippen LogP contribution in [0.25, 0.3) is 0 Å². The van der Waals surface area contributed by atoms with Crippen molar-refractivity contribution in [2.75, 3.05) is 7.11 Å². The Hall–Kier alpha value is -2.81. The number of nitrogens with zero attached hydrogens (tertiary/aromatic N) is 4. The van der Waals surface area contributed by atoms with Crippen molar-refractivity contribution in [3.8, 4) is 17.6 Å². The minimum absolute atomic E-state index is 0.205. The second-order valence-electron chi connectivity index (χ2n) is 3.93. The van der Waals surface area contributed by atoms with Gasteiger partial charge in [-0.2, -0.15) is 5.26 Å². The van der Waals surface area contributed by atoms with Crippen molar-refractivity contribution >= 4 is 0 Å². The number of benzene rings is 1. The Morgan fingerprint density at radius 2 is 2.25 bits per heavy atom. The van der Waals surface area contributed by atoms with E-state index in [1.165, 1.54) is 0 Å². The molecule has 0 aliphatic rings. The second kappa shape index (κ2) is 6.38. The number of hydrogen-bond donors (Lipinski definition) is 0. The number of ether oxygens (including phenoxy) is 2. The summed E-state index contributed by atoms with van der Waals surface area (Å²) in [5.41, 5.74) is 0.880. The van der Waals surface area contributed by atoms with Crippen LogP contribution in [-0.4, -0.2) is 22.1 Å². The van der Waals surface area contributed by atoms with Crippen LogP contribution in [0.4, 0.5) is 0 Å². The quantitative estimate of drug-likeness (QED) is 0.750. The van der Waals surface area contributed by atoms with E-state index in [0.29, 0.717) is 23.7 Å². The van der Waals surface area contributed by atoms with Crippen molar-refractivity contribution in [1.29, 1.82) is 5.26 Å². The summed E-state index contributed by atoms with van der Waals surface area (Å²) in [4.78, 5) is 0. The van der Waals surface area contributed by atoms with Crippen molar-refractivity contribution in [1.82, 2.24) is 15.0 Å². The topological polar surface area (TPSA) is 73.0 Å². The van der Waals surface area contributed by atoms with E-state index in [1.54, 1.807) is 23.9 Å². The highest BCUT2D eigenvalue weighted by Crippen LogP contribution is 2.20. The monoisotopic (exact) mass is 270 g/mol. The molecule has 0 saturated heterocycles. The summed E-state index contributed by atoms with van der Waals surface area (Å²) in [5.74, 6) is 1.36. The molecule has 0 fully saturated rings. The molecule has 6 nitrogen and oxygen atoms in total. The molecule has 0 aliphatic heterocycles. The highest BCUT2D eigenvalue weighted by molar-refractivity contribution is 5.33. The van der Waals surface area contributed by atoms with E-state index in [0.717, 1.165) is 0 Å². The zero-order valence-electron chi connectivity index (χ0n) is 11.1. The largest absolute Gasteiger partial charge is 0.497 e. The van der Waals surface area contributed by atoms with Gasteiger partial charge in [-0.25, -0.2) is 4.68 Å². The van der Waals surface area contributed by atoms with Gasteiger partial charge in [0.05, 0.1) is 13.7 Å². The van der Waals surface area contributed by atoms with Gasteiger partial charge in [0.1, 0.15) is 29.9 Å². The molecule has 0 atom stereocenters. The van der Waals surface area contributed by atoms with Gasteiger partial charge in [0.15, 0.2) is 5.69 Å². The van der Waals surface area contributed by atoms with Crippen molar-refractivity contribution in [3.05, 3.63) is 48.3 Å². The van der Waals surface area contributed by atoms with Crippen LogP contribution < -0.4 is 9.47 Å². The maximum Gasteiger partial charge on any atom is 0.189 e. The van der Waals surface area contributed by atoms with Crippen LogP contribution in [0.5, 0.6) is 11.5 Å². The lowest BCUT2D eigenvalue weighted by Gasteiger charge is -2.08. The van der Waals surface area contributed by atoms with Gasteiger partial charge in [0, 0.05) is 6.07 Å². The number of hydrogen-bond acceptors (Lipinski definition) is 5. The maximum atomic E-state index is 9.01. The van der Waals surface area contributed by atoms with E-state index in [9.17, 15) is 0 Å². The van der Waals surface area contributed by atoms with Crippen LogP contribution in [0.3, 0.4) is 0 Å². The fourth-order valence-electron chi connectivity index (χ4n) is 1.67. The summed E-state index contributed by atoms with van der Waals surface area (Å²) >= 11 is 0. The van der Waals surface area contributed by atoms with Gasteiger partial charge in [0.2, 0.25) is 0 Å². The van der Waals surface area contributed by atoms with Gasteiger partial charge < -0.3 is 9.47 Å². The molecular formula is C14H14N4O2. The third-order valence-electron chi connectivity index (χ3n) is 2.66. The van der Waals surface area contributed by atoms with Crippen LogP contribution in [0, 0.1) is 11.3 Å². The van der Waals surface area contributed by atoms with E-state index >= 15 is 0 Å². The molecule has 0 N–H and O–H groups in total. The highest BCUT2D eigenvalue weighted by Gasteiger charge is 2.12. The third-order valence-corrected chi connectivity index (χ3v) is 2.66. The summed E-state index contributed by atoms with van der Waals surface area (Å²) in [6, 6.07) is 9.25. The van der Waals surface area contributed by atoms with Gasteiger partial charge in [-0.1, -0.05) is 17.4 Å². The summed E-state index contributed by atoms with van der Waals surface area (Å²) in [6.07, 6.45) is 1.69. The predicted molar refractivity (Wildman–Crippen MR) is 72.3 cm³/mol. The molecule has 20 heavy (non-hydrogen) atoms. The first-order valence-corrected chi connectivity index (χ1v) is 5.98. The summed E-state index contributed by atoms with van der Waals surface area (Å²) < 4.78 is 12.4. The fourth-order valence-corrected chi connectivity index (χ4v) is 1.67. The van der Waals surface area contributed by atoms with E-state index in [4.69, 9.17) is 14.7 Å². The lowest BCUT2D eigenvalue weighted by atomic mass is 10.3. The maximum absolute atomic E-state index is 9.01. The van der Waals surface area contributed by atoms with Crippen LogP contribution in [0.15, 0.2) is 36.9 Å². The molecule has 0 aliphatic carbocycles. The zero-order valence-corrected chi connectivity index (χ0v) is 11.1. The molecule has 1 heterocycles. The molecule has 1 aromatic heterocycles. The Labute approximate surface area is 116 Å². The molecule has 0 bridgehead atoms. The highest BCUT2D eigenvalue weighted by atomic mass is 16.5. The number of aromatic nitrogens is 3. The second-order valence-corrected chi connectivity index (χ2v) is 3.93. The Bertz CT molecular complexity index is 643. The van der Waals surface area contributed by atoms with Gasteiger partial charge in [0.25, 0.3) is 0 Å². The van der Waals surface area contributed by atoms with Gasteiger partial charge in [-0.05, 0) is 12.1 Å². The molecule has 1 aromatic carbocycles. The van der Waals surface area contributed by atoms with Crippen molar-refractivity contribution in [2.45, 2.75) is 13.2 Å². The zero-order chi connectivity index (χ0) is 14.4. The van der Waals surface area contributed by atoms with Crippen molar-refractivity contribution in [2.24, 2.45) is 0 Å². The average molecular weight is 270 g/mol. The Morgan fingerprint density at radius 3 is 2.95 bits per heavy atom. The van der Waals surface area contributed by atoms with Gasteiger partial charge >= 0.3 is 0 Å². The van der Waals surface area contributed by atoms with Gasteiger partial charge in [-0.15, -0.1) is 11.7 Å². The summed E-state index contributed by atoms with van der Waals surface area (Å²) in [7, 11) is 1.59. The lowest BCUT2D eigenvalue weighted by Crippen LogP contribution is -2.07. The van der Waals surface area contributed by atoms with E-state index in [-0.39, 0.29) is 12.3 Å². The van der Waals surface area contributed by atoms with E-state index < -0.39 is 0 Å². The standard InChI is InChI=1S/C14H14N4O2/c1-3-7-18-14(13(9-15)16-17-18)10-20-12-6-4-5-11(8-12)19-2/h3-6,8H,1,7,10H2,2H3. The first kappa shape index (κ1) is 13.6. The molecule has 0 radical (unpaired) electrons. The average Bonchev–Trinajstić information content (AvgIpc) is 2.88. The lowest BCUT2D eigenvalue weighted by molar-refractivity contribution is 0.291. The predicted octanol–water partition coefficient (Wildman–Crippen LogP) is 1.92. The smallest absolute Gasteiger partial charge is 0.189 e. The minimum Gasteiger partial charge on any atom is -0.497 e. The van der Waals surface area contributed by atoms with E-state index in [2.05, 4.69) is 16.9 Å². The van der Waals surface area contributed by atoms with Crippen LogP contribution in [0.1, 0.15) is 11.4 Å². The van der Waals surface area contributed by atoms with E-state index in [1.807, 2.05) is 24.3 Å². The number of allylic oxidation sites excluding steroid dienone is 1. The summed E-state index contributed by atoms with van der Waals surface area (Å²) in [6.45, 7) is 4.33. The fraction of sp³-hybridized carbons (Fsp3) is 0.214. The van der Waals surface area contributed by atoms with Crippen LogP contribution in [-0.2, 0) is 13.2 Å². The Morgan fingerprint density at radius 1 is 1.45 bits per heavy atom. The van der Waals surface area contributed by atoms with Crippen LogP contribution >= 0.6 is 0 Å². The molecule has 102 valence electrons. The number of rotatable bonds is 6. The molecular weight excluding hydrogens is 256 g/mol. The molecule has 0 saturated carbocycles. The van der Waals surface area contributed by atoms with Crippen LogP contribution in [0.2, 0.25) is 0 Å². The first-order chi connectivity index (χ1) is 9.78. The number of methoxy groups -OCH3 is 1. The minimum atomic E-state index is 0.205. The molecule has 2 aromatic rings.